The Morgan fingerprint density at radius 1 is 1.28 bits per heavy atom. The second-order valence-corrected chi connectivity index (χ2v) is 8.94. The van der Waals surface area contributed by atoms with E-state index >= 15 is 0 Å². The van der Waals surface area contributed by atoms with Crippen molar-refractivity contribution in [2.24, 2.45) is 5.92 Å². The zero-order valence-corrected chi connectivity index (χ0v) is 17.2. The lowest BCUT2D eigenvalue weighted by Crippen LogP contribution is -2.47. The molecular weight excluding hydrogens is 384 g/mol. The second-order valence-electron chi connectivity index (χ2n) is 8.08. The number of carbonyl (C=O) groups is 1. The van der Waals surface area contributed by atoms with Crippen molar-refractivity contribution in [3.63, 3.8) is 0 Å². The number of benzene rings is 1. The Morgan fingerprint density at radius 3 is 3.00 bits per heavy atom. The smallest absolute Gasteiger partial charge is 0.320 e. The standard InChI is InChI=1S/C21H26N6OS/c28-21(24-16-5-2-8-22-10-16)26-19-12-29-20(25-19)15-6-7-18-17(9-15)23-13-27(18)11-14-3-1-4-14/h6-7,9,12-14,16,22H,1-5,8,10-11H2,(H2,24,26,28)/t16-/m0/s1. The maximum Gasteiger partial charge on any atom is 0.320 e. The van der Waals surface area contributed by atoms with Gasteiger partial charge in [0.15, 0.2) is 0 Å². The summed E-state index contributed by atoms with van der Waals surface area (Å²) in [5, 5.41) is 11.9. The lowest BCUT2D eigenvalue weighted by atomic mass is 9.85. The van der Waals surface area contributed by atoms with Gasteiger partial charge >= 0.3 is 6.03 Å². The van der Waals surface area contributed by atoms with Crippen molar-refractivity contribution in [2.75, 3.05) is 18.4 Å². The van der Waals surface area contributed by atoms with Crippen molar-refractivity contribution in [3.05, 3.63) is 29.9 Å². The van der Waals surface area contributed by atoms with E-state index in [0.29, 0.717) is 5.82 Å². The van der Waals surface area contributed by atoms with Gasteiger partial charge in [-0.3, -0.25) is 5.32 Å². The summed E-state index contributed by atoms with van der Waals surface area (Å²) in [4.78, 5) is 21.4. The van der Waals surface area contributed by atoms with E-state index in [2.05, 4.69) is 48.7 Å². The molecule has 2 amide bonds. The van der Waals surface area contributed by atoms with Gasteiger partial charge in [0.25, 0.3) is 0 Å². The number of fused-ring (bicyclic) bond motifs is 1. The minimum Gasteiger partial charge on any atom is -0.334 e. The van der Waals surface area contributed by atoms with Gasteiger partial charge in [0.2, 0.25) is 0 Å². The number of amides is 2. The normalized spacial score (nSPS) is 19.8. The van der Waals surface area contributed by atoms with E-state index in [1.807, 2.05) is 11.7 Å². The molecular formula is C21H26N6OS. The van der Waals surface area contributed by atoms with Gasteiger partial charge in [-0.1, -0.05) is 6.42 Å². The molecule has 1 aliphatic carbocycles. The molecule has 0 bridgehead atoms. The summed E-state index contributed by atoms with van der Waals surface area (Å²) in [7, 11) is 0. The number of carbonyl (C=O) groups excluding carboxylic acids is 1. The Morgan fingerprint density at radius 2 is 2.21 bits per heavy atom. The first-order valence-electron chi connectivity index (χ1n) is 10.4. The topological polar surface area (TPSA) is 83.9 Å². The SMILES string of the molecule is O=C(Nc1csc(-c2ccc3c(c2)ncn3CC2CCC2)n1)N[C@H]1CCCNC1. The molecule has 0 spiro atoms. The van der Waals surface area contributed by atoms with Crippen LogP contribution in [-0.4, -0.2) is 39.7 Å². The summed E-state index contributed by atoms with van der Waals surface area (Å²) in [5.74, 6) is 1.39. The maximum atomic E-state index is 12.2. The van der Waals surface area contributed by atoms with Crippen molar-refractivity contribution >= 4 is 34.2 Å². The summed E-state index contributed by atoms with van der Waals surface area (Å²) < 4.78 is 2.27. The largest absolute Gasteiger partial charge is 0.334 e. The van der Waals surface area contributed by atoms with Crippen LogP contribution < -0.4 is 16.0 Å². The number of piperidine rings is 1. The summed E-state index contributed by atoms with van der Waals surface area (Å²) in [6.45, 7) is 2.91. The van der Waals surface area contributed by atoms with Crippen LogP contribution in [-0.2, 0) is 6.54 Å². The van der Waals surface area contributed by atoms with Crippen LogP contribution in [0.2, 0.25) is 0 Å². The first-order valence-corrected chi connectivity index (χ1v) is 11.3. The van der Waals surface area contributed by atoms with Crippen LogP contribution in [0.3, 0.4) is 0 Å². The van der Waals surface area contributed by atoms with E-state index in [-0.39, 0.29) is 12.1 Å². The number of aromatic nitrogens is 3. The molecule has 3 heterocycles. The molecule has 2 fully saturated rings. The van der Waals surface area contributed by atoms with Crippen molar-refractivity contribution in [1.82, 2.24) is 25.2 Å². The van der Waals surface area contributed by atoms with Gasteiger partial charge in [-0.2, -0.15) is 0 Å². The minimum atomic E-state index is -0.194. The van der Waals surface area contributed by atoms with Crippen molar-refractivity contribution < 1.29 is 4.79 Å². The highest BCUT2D eigenvalue weighted by molar-refractivity contribution is 7.13. The van der Waals surface area contributed by atoms with E-state index in [1.165, 1.54) is 36.1 Å². The molecule has 8 heteroatoms. The van der Waals surface area contributed by atoms with Crippen molar-refractivity contribution in [1.29, 1.82) is 0 Å². The Kier molecular flexibility index (Phi) is 5.20. The first-order chi connectivity index (χ1) is 14.2. The third-order valence-electron chi connectivity index (χ3n) is 5.93. The summed E-state index contributed by atoms with van der Waals surface area (Å²) >= 11 is 1.53. The van der Waals surface area contributed by atoms with E-state index in [9.17, 15) is 4.79 Å². The van der Waals surface area contributed by atoms with Gasteiger partial charge in [0.05, 0.1) is 17.4 Å². The number of nitrogens with zero attached hydrogens (tertiary/aromatic N) is 3. The Balaban J connectivity index is 1.25. The Labute approximate surface area is 173 Å². The monoisotopic (exact) mass is 410 g/mol. The van der Waals surface area contributed by atoms with Gasteiger partial charge in [-0.15, -0.1) is 11.3 Å². The summed E-state index contributed by atoms with van der Waals surface area (Å²) in [5.41, 5.74) is 3.20. The molecule has 1 aromatic carbocycles. The summed E-state index contributed by atoms with van der Waals surface area (Å²) in [6, 6.07) is 6.30. The molecule has 1 saturated heterocycles. The fourth-order valence-corrected chi connectivity index (χ4v) is 4.82. The van der Waals surface area contributed by atoms with E-state index in [0.717, 1.165) is 54.5 Å². The predicted molar refractivity (Wildman–Crippen MR) is 116 cm³/mol. The first kappa shape index (κ1) is 18.6. The fourth-order valence-electron chi connectivity index (χ4n) is 4.07. The molecule has 3 aromatic rings. The van der Waals surface area contributed by atoms with Gasteiger partial charge in [-0.25, -0.2) is 14.8 Å². The average Bonchev–Trinajstić information content (AvgIpc) is 3.32. The minimum absolute atomic E-state index is 0.180. The van der Waals surface area contributed by atoms with E-state index in [1.54, 1.807) is 0 Å². The Hall–Kier alpha value is -2.45. The molecule has 152 valence electrons. The lowest BCUT2D eigenvalue weighted by molar-refractivity contribution is 0.245. The molecule has 1 saturated carbocycles. The van der Waals surface area contributed by atoms with E-state index in [4.69, 9.17) is 0 Å². The molecule has 2 aromatic heterocycles. The van der Waals surface area contributed by atoms with Crippen LogP contribution >= 0.6 is 11.3 Å². The number of imidazole rings is 1. The zero-order chi connectivity index (χ0) is 19.6. The maximum absolute atomic E-state index is 12.2. The number of hydrogen-bond donors (Lipinski definition) is 3. The number of nitrogens with one attached hydrogen (secondary N) is 3. The molecule has 2 aliphatic rings. The Bertz CT molecular complexity index is 1000. The van der Waals surface area contributed by atoms with Crippen LogP contribution in [0.1, 0.15) is 32.1 Å². The highest BCUT2D eigenvalue weighted by Gasteiger charge is 2.19. The van der Waals surface area contributed by atoms with Gasteiger partial charge in [0, 0.05) is 30.1 Å². The average molecular weight is 411 g/mol. The number of urea groups is 1. The van der Waals surface area contributed by atoms with Crippen LogP contribution in [0.15, 0.2) is 29.9 Å². The highest BCUT2D eigenvalue weighted by Crippen LogP contribution is 2.31. The van der Waals surface area contributed by atoms with Gasteiger partial charge in [-0.05, 0) is 56.3 Å². The van der Waals surface area contributed by atoms with Gasteiger partial charge in [0.1, 0.15) is 10.8 Å². The van der Waals surface area contributed by atoms with Crippen LogP contribution in [0.4, 0.5) is 10.6 Å². The van der Waals surface area contributed by atoms with Crippen molar-refractivity contribution in [2.45, 2.75) is 44.7 Å². The van der Waals surface area contributed by atoms with Crippen molar-refractivity contribution in [3.8, 4) is 10.6 Å². The van der Waals surface area contributed by atoms with Crippen LogP contribution in [0, 0.1) is 5.92 Å². The quantitative estimate of drug-likeness (QED) is 0.597. The number of rotatable bonds is 5. The molecule has 1 atom stereocenters. The number of anilines is 1. The number of hydrogen-bond acceptors (Lipinski definition) is 5. The van der Waals surface area contributed by atoms with E-state index < -0.39 is 0 Å². The van der Waals surface area contributed by atoms with Gasteiger partial charge < -0.3 is 15.2 Å². The zero-order valence-electron chi connectivity index (χ0n) is 16.4. The molecule has 29 heavy (non-hydrogen) atoms. The second kappa shape index (κ2) is 8.12. The highest BCUT2D eigenvalue weighted by atomic mass is 32.1. The number of thiazole rings is 1. The third-order valence-corrected chi connectivity index (χ3v) is 6.82. The molecule has 1 aliphatic heterocycles. The molecule has 3 N–H and O–H groups in total. The van der Waals surface area contributed by atoms with Crippen LogP contribution in [0.5, 0.6) is 0 Å². The molecule has 7 nitrogen and oxygen atoms in total. The summed E-state index contributed by atoms with van der Waals surface area (Å²) in [6.07, 6.45) is 8.07. The predicted octanol–water partition coefficient (Wildman–Crippen LogP) is 3.83. The molecule has 0 unspecified atom stereocenters. The van der Waals surface area contributed by atoms with Crippen LogP contribution in [0.25, 0.3) is 21.6 Å². The molecule has 5 rings (SSSR count). The fraction of sp³-hybridized carbons (Fsp3) is 0.476. The third kappa shape index (κ3) is 4.13. The lowest BCUT2D eigenvalue weighted by Gasteiger charge is -2.25. The molecule has 0 radical (unpaired) electrons.